The molecule has 0 unspecified atom stereocenters. The Morgan fingerprint density at radius 2 is 1.90 bits per heavy atom. The maximum atomic E-state index is 5.41. The molecule has 0 amide bonds. The van der Waals surface area contributed by atoms with Gasteiger partial charge in [-0.25, -0.2) is 9.97 Å². The summed E-state index contributed by atoms with van der Waals surface area (Å²) in [4.78, 5) is 12.1. The Hall–Kier alpha value is -2.73. The van der Waals surface area contributed by atoms with Gasteiger partial charge in [0, 0.05) is 29.5 Å². The van der Waals surface area contributed by atoms with Crippen molar-refractivity contribution >= 4 is 41.2 Å². The first-order valence-corrected chi connectivity index (χ1v) is 6.03. The molecule has 0 aliphatic rings. The van der Waals surface area contributed by atoms with E-state index in [0.717, 1.165) is 22.2 Å². The molecular formula is C14H13ClN6. The molecule has 0 atom stereocenters. The highest BCUT2D eigenvalue weighted by molar-refractivity contribution is 5.85. The molecule has 0 radical (unpaired) electrons. The number of halogens is 1. The number of pyridine rings is 1. The Bertz CT molecular complexity index is 757. The van der Waals surface area contributed by atoms with E-state index in [1.807, 2.05) is 30.3 Å². The van der Waals surface area contributed by atoms with Crippen LogP contribution in [0.4, 0.5) is 11.6 Å². The van der Waals surface area contributed by atoms with E-state index in [4.69, 9.17) is 5.73 Å². The third-order valence-electron chi connectivity index (χ3n) is 2.70. The van der Waals surface area contributed by atoms with Crippen molar-refractivity contribution in [2.24, 2.45) is 5.10 Å². The molecule has 2 aromatic heterocycles. The van der Waals surface area contributed by atoms with Crippen LogP contribution >= 0.6 is 12.4 Å². The minimum atomic E-state index is 0. The fourth-order valence-electron chi connectivity index (χ4n) is 1.73. The van der Waals surface area contributed by atoms with Crippen LogP contribution in [-0.2, 0) is 0 Å². The van der Waals surface area contributed by atoms with Crippen LogP contribution in [0.1, 0.15) is 5.56 Å². The molecule has 1 aromatic carbocycles. The van der Waals surface area contributed by atoms with Gasteiger partial charge >= 0.3 is 0 Å². The smallest absolute Gasteiger partial charge is 0.219 e. The molecule has 21 heavy (non-hydrogen) atoms. The molecule has 0 spiro atoms. The Morgan fingerprint density at radius 3 is 2.71 bits per heavy atom. The lowest BCUT2D eigenvalue weighted by atomic mass is 10.2. The number of nitrogens with one attached hydrogen (secondary N) is 1. The highest BCUT2D eigenvalue weighted by Crippen LogP contribution is 2.16. The first-order chi connectivity index (χ1) is 9.81. The first kappa shape index (κ1) is 14.7. The van der Waals surface area contributed by atoms with Crippen LogP contribution < -0.4 is 11.2 Å². The average molecular weight is 301 g/mol. The van der Waals surface area contributed by atoms with Crippen LogP contribution in [0.3, 0.4) is 0 Å². The summed E-state index contributed by atoms with van der Waals surface area (Å²) in [6.45, 7) is 0. The third-order valence-corrected chi connectivity index (χ3v) is 2.70. The van der Waals surface area contributed by atoms with E-state index in [1.54, 1.807) is 24.8 Å². The van der Waals surface area contributed by atoms with Crippen LogP contribution in [0.25, 0.3) is 10.9 Å². The third kappa shape index (κ3) is 3.64. The van der Waals surface area contributed by atoms with E-state index in [9.17, 15) is 0 Å². The standard InChI is InChI=1S/C14H12N6.ClH/c15-14-17-7-10(8-18-14)9-19-20-12-4-3-11-2-1-5-16-13(11)6-12;/h1-9,20H,(H2,15,17,18);1H/b19-9+;. The van der Waals surface area contributed by atoms with Gasteiger partial charge in [-0.2, -0.15) is 5.10 Å². The van der Waals surface area contributed by atoms with Gasteiger partial charge in [0.2, 0.25) is 5.95 Å². The molecule has 3 N–H and O–H groups in total. The van der Waals surface area contributed by atoms with Crippen LogP contribution in [0, 0.1) is 0 Å². The predicted octanol–water partition coefficient (Wildman–Crippen LogP) is 2.47. The first-order valence-electron chi connectivity index (χ1n) is 6.03. The summed E-state index contributed by atoms with van der Waals surface area (Å²) in [5.74, 6) is 0.246. The van der Waals surface area contributed by atoms with E-state index in [1.165, 1.54) is 0 Å². The minimum Gasteiger partial charge on any atom is -0.368 e. The lowest BCUT2D eigenvalue weighted by Gasteiger charge is -2.02. The molecule has 0 saturated carbocycles. The van der Waals surface area contributed by atoms with Crippen molar-refractivity contribution in [2.75, 3.05) is 11.2 Å². The van der Waals surface area contributed by atoms with Gasteiger partial charge in [-0.3, -0.25) is 10.4 Å². The van der Waals surface area contributed by atoms with Crippen molar-refractivity contribution in [3.05, 3.63) is 54.5 Å². The van der Waals surface area contributed by atoms with Crippen molar-refractivity contribution in [1.82, 2.24) is 15.0 Å². The summed E-state index contributed by atoms with van der Waals surface area (Å²) in [6.07, 6.45) is 6.61. The molecule has 0 bridgehead atoms. The second-order valence-corrected chi connectivity index (χ2v) is 4.16. The number of rotatable bonds is 3. The van der Waals surface area contributed by atoms with Crippen LogP contribution in [0.5, 0.6) is 0 Å². The number of hydrogen-bond acceptors (Lipinski definition) is 6. The minimum absolute atomic E-state index is 0. The molecule has 0 aliphatic heterocycles. The topological polar surface area (TPSA) is 89.1 Å². The molecular weight excluding hydrogens is 288 g/mol. The Kier molecular flexibility index (Phi) is 4.63. The Morgan fingerprint density at radius 1 is 1.10 bits per heavy atom. The maximum absolute atomic E-state index is 5.41. The van der Waals surface area contributed by atoms with Crippen molar-refractivity contribution in [3.63, 3.8) is 0 Å². The van der Waals surface area contributed by atoms with E-state index >= 15 is 0 Å². The molecule has 2 heterocycles. The summed E-state index contributed by atoms with van der Waals surface area (Å²) < 4.78 is 0. The number of nitrogen functional groups attached to an aromatic ring is 1. The van der Waals surface area contributed by atoms with Crippen molar-refractivity contribution in [1.29, 1.82) is 0 Å². The number of nitrogens with zero attached hydrogens (tertiary/aromatic N) is 4. The summed E-state index contributed by atoms with van der Waals surface area (Å²) in [6, 6.07) is 9.80. The number of aromatic nitrogens is 3. The van der Waals surface area contributed by atoms with Crippen molar-refractivity contribution < 1.29 is 0 Å². The van der Waals surface area contributed by atoms with E-state index in [0.29, 0.717) is 0 Å². The maximum Gasteiger partial charge on any atom is 0.219 e. The zero-order valence-electron chi connectivity index (χ0n) is 11.0. The Labute approximate surface area is 127 Å². The lowest BCUT2D eigenvalue weighted by Crippen LogP contribution is -1.96. The Balaban J connectivity index is 0.00000161. The van der Waals surface area contributed by atoms with Gasteiger partial charge in [0.1, 0.15) is 0 Å². The number of anilines is 2. The summed E-state index contributed by atoms with van der Waals surface area (Å²) in [5, 5.41) is 5.22. The van der Waals surface area contributed by atoms with Gasteiger partial charge < -0.3 is 5.73 Å². The zero-order valence-corrected chi connectivity index (χ0v) is 11.8. The van der Waals surface area contributed by atoms with Crippen molar-refractivity contribution in [2.45, 2.75) is 0 Å². The zero-order chi connectivity index (χ0) is 13.8. The molecule has 0 fully saturated rings. The summed E-state index contributed by atoms with van der Waals surface area (Å²) in [7, 11) is 0. The molecule has 6 nitrogen and oxygen atoms in total. The SMILES string of the molecule is Cl.Nc1ncc(/C=N/Nc2ccc3cccnc3c2)cn1. The van der Waals surface area contributed by atoms with Gasteiger partial charge in [0.25, 0.3) is 0 Å². The van der Waals surface area contributed by atoms with Gasteiger partial charge in [-0.1, -0.05) is 12.1 Å². The number of hydrazone groups is 1. The molecule has 106 valence electrons. The predicted molar refractivity (Wildman–Crippen MR) is 86.7 cm³/mol. The normalized spacial score (nSPS) is 10.5. The van der Waals surface area contributed by atoms with Crippen LogP contribution in [0.15, 0.2) is 54.0 Å². The molecule has 3 rings (SSSR count). The summed E-state index contributed by atoms with van der Waals surface area (Å²) >= 11 is 0. The quantitative estimate of drug-likeness (QED) is 0.573. The van der Waals surface area contributed by atoms with Gasteiger partial charge in [0.15, 0.2) is 0 Å². The second-order valence-electron chi connectivity index (χ2n) is 4.16. The van der Waals surface area contributed by atoms with Crippen LogP contribution in [-0.4, -0.2) is 21.2 Å². The lowest BCUT2D eigenvalue weighted by molar-refractivity contribution is 1.18. The van der Waals surface area contributed by atoms with Crippen molar-refractivity contribution in [3.8, 4) is 0 Å². The second kappa shape index (κ2) is 6.62. The van der Waals surface area contributed by atoms with E-state index in [-0.39, 0.29) is 18.4 Å². The molecule has 7 heteroatoms. The largest absolute Gasteiger partial charge is 0.368 e. The number of benzene rings is 1. The van der Waals surface area contributed by atoms with E-state index < -0.39 is 0 Å². The fourth-order valence-corrected chi connectivity index (χ4v) is 1.73. The highest BCUT2D eigenvalue weighted by Gasteiger charge is 1.95. The molecule has 0 aliphatic carbocycles. The fraction of sp³-hybridized carbons (Fsp3) is 0. The number of nitrogens with two attached hydrogens (primary N) is 1. The average Bonchev–Trinajstić information content (AvgIpc) is 2.49. The van der Waals surface area contributed by atoms with Gasteiger partial charge in [0.05, 0.1) is 17.4 Å². The molecule has 3 aromatic rings. The summed E-state index contributed by atoms with van der Waals surface area (Å²) in [5.41, 5.74) is 10.9. The highest BCUT2D eigenvalue weighted by atomic mass is 35.5. The van der Waals surface area contributed by atoms with Gasteiger partial charge in [-0.05, 0) is 18.2 Å². The monoisotopic (exact) mass is 300 g/mol. The van der Waals surface area contributed by atoms with Crippen LogP contribution in [0.2, 0.25) is 0 Å². The number of hydrogen-bond donors (Lipinski definition) is 2. The molecule has 0 saturated heterocycles. The van der Waals surface area contributed by atoms with E-state index in [2.05, 4.69) is 25.5 Å². The van der Waals surface area contributed by atoms with Gasteiger partial charge in [-0.15, -0.1) is 12.4 Å². The number of fused-ring (bicyclic) bond motifs is 1.